The minimum absolute atomic E-state index is 0.169. The highest BCUT2D eigenvalue weighted by atomic mass is 32.2. The molecule has 0 saturated carbocycles. The maximum atomic E-state index is 13.3. The molecule has 1 unspecified atom stereocenters. The van der Waals surface area contributed by atoms with Crippen molar-refractivity contribution in [2.45, 2.75) is 43.5 Å². The number of nitrogens with zero attached hydrogens (tertiary/aromatic N) is 3. The topological polar surface area (TPSA) is 136 Å². The Morgan fingerprint density at radius 3 is 2.97 bits per heavy atom. The molecule has 2 atom stereocenters. The van der Waals surface area contributed by atoms with Gasteiger partial charge in [0.25, 0.3) is 11.8 Å². The van der Waals surface area contributed by atoms with Crippen LogP contribution in [0.5, 0.6) is 0 Å². The summed E-state index contributed by atoms with van der Waals surface area (Å²) in [6.07, 6.45) is 11.3. The van der Waals surface area contributed by atoms with Crippen molar-refractivity contribution in [2.75, 3.05) is 24.7 Å². The van der Waals surface area contributed by atoms with Crippen molar-refractivity contribution < 1.29 is 24.0 Å². The summed E-state index contributed by atoms with van der Waals surface area (Å²) >= 11 is 2.55. The van der Waals surface area contributed by atoms with Crippen LogP contribution in [-0.4, -0.2) is 63.3 Å². The Bertz CT molecular complexity index is 1090. The zero-order chi connectivity index (χ0) is 25.4. The van der Waals surface area contributed by atoms with Gasteiger partial charge in [0, 0.05) is 23.8 Å². The molecule has 12 heteroatoms. The van der Waals surface area contributed by atoms with Gasteiger partial charge in [-0.2, -0.15) is 0 Å². The number of unbranched alkanes of at least 4 members (excludes halogenated alkanes) is 2. The average molecular weight is 518 g/mol. The van der Waals surface area contributed by atoms with E-state index in [9.17, 15) is 14.4 Å². The monoisotopic (exact) mass is 517 g/mol. The number of thioether (sulfide) groups is 1. The Morgan fingerprint density at radius 1 is 1.51 bits per heavy atom. The number of amides is 2. The number of terminal acetylenes is 1. The van der Waals surface area contributed by atoms with E-state index in [1.807, 2.05) is 6.92 Å². The summed E-state index contributed by atoms with van der Waals surface area (Å²) in [7, 11) is 0. The third-order valence-corrected chi connectivity index (χ3v) is 7.45. The van der Waals surface area contributed by atoms with Crippen molar-refractivity contribution in [2.24, 2.45) is 5.16 Å². The summed E-state index contributed by atoms with van der Waals surface area (Å²) in [5.41, 5.74) is 5.07. The number of rotatable bonds is 12. The van der Waals surface area contributed by atoms with E-state index in [0.717, 1.165) is 29.8 Å². The highest BCUT2D eigenvalue weighted by molar-refractivity contribution is 8.00. The predicted molar refractivity (Wildman–Crippen MR) is 135 cm³/mol. The molecule has 186 valence electrons. The van der Waals surface area contributed by atoms with Crippen molar-refractivity contribution in [3.05, 3.63) is 35.5 Å². The first-order valence-corrected chi connectivity index (χ1v) is 12.9. The van der Waals surface area contributed by atoms with Gasteiger partial charge in [0.2, 0.25) is 0 Å². The Balaban J connectivity index is 1.85. The highest BCUT2D eigenvalue weighted by Crippen LogP contribution is 2.43. The van der Waals surface area contributed by atoms with Gasteiger partial charge >= 0.3 is 5.97 Å². The number of oxime groups is 1. The maximum Gasteiger partial charge on any atom is 0.305 e. The quantitative estimate of drug-likeness (QED) is 0.107. The molecule has 3 heterocycles. The van der Waals surface area contributed by atoms with Gasteiger partial charge in [-0.25, -0.2) is 4.98 Å². The highest BCUT2D eigenvalue weighted by Gasteiger charge is 2.63. The second-order valence-corrected chi connectivity index (χ2v) is 9.77. The smallest absolute Gasteiger partial charge is 0.305 e. The molecular formula is C23H27N5O5S2. The number of thiazole rings is 1. The first-order chi connectivity index (χ1) is 16.9. The zero-order valence-electron chi connectivity index (χ0n) is 19.3. The van der Waals surface area contributed by atoms with Gasteiger partial charge in [-0.15, -0.1) is 29.5 Å². The molecule has 0 spiro atoms. The standard InChI is InChI=1S/C23H27N5O5S2/c1-4-7-8-9-17(29)32-14-23(20(31)28-11-15(6-3)12-34-21(23)28)26-19(30)18(27-33-10-5-2)16-13-35-22(24)25-16/h2,6,11,13,21H,3-4,7-10,12,14H2,1H3,(H2,24,25)(H,26,30)/t21-,23?/m0/s1. The molecule has 0 aliphatic carbocycles. The van der Waals surface area contributed by atoms with E-state index >= 15 is 0 Å². The molecule has 0 radical (unpaired) electrons. The number of anilines is 1. The number of hydrogen-bond donors (Lipinski definition) is 2. The number of esters is 1. The van der Waals surface area contributed by atoms with Gasteiger partial charge in [-0.1, -0.05) is 43.5 Å². The predicted octanol–water partition coefficient (Wildman–Crippen LogP) is 2.04. The molecule has 3 N–H and O–H groups in total. The van der Waals surface area contributed by atoms with E-state index in [4.69, 9.17) is 21.7 Å². The fraction of sp³-hybridized carbons (Fsp3) is 0.435. The Morgan fingerprint density at radius 2 is 2.31 bits per heavy atom. The van der Waals surface area contributed by atoms with Crippen LogP contribution in [0.4, 0.5) is 5.13 Å². The first kappa shape index (κ1) is 26.3. The van der Waals surface area contributed by atoms with Crippen LogP contribution in [0.25, 0.3) is 0 Å². The molecule has 2 aliphatic heterocycles. The van der Waals surface area contributed by atoms with Crippen LogP contribution < -0.4 is 11.1 Å². The Labute approximate surface area is 212 Å². The number of nitrogens with one attached hydrogen (secondary N) is 1. The minimum atomic E-state index is -1.49. The normalized spacial score (nSPS) is 21.2. The number of fused-ring (bicyclic) bond motifs is 1. The summed E-state index contributed by atoms with van der Waals surface area (Å²) in [5, 5.41) is 7.85. The third kappa shape index (κ3) is 5.86. The summed E-state index contributed by atoms with van der Waals surface area (Å²) in [6, 6.07) is 0. The lowest BCUT2D eigenvalue weighted by Crippen LogP contribution is -2.80. The number of carbonyl (C=O) groups is 3. The van der Waals surface area contributed by atoms with E-state index < -0.39 is 28.7 Å². The Hall–Kier alpha value is -3.30. The largest absolute Gasteiger partial charge is 0.462 e. The fourth-order valence-corrected chi connectivity index (χ4v) is 5.45. The number of nitrogen functional groups attached to an aromatic ring is 1. The molecule has 0 bridgehead atoms. The molecule has 10 nitrogen and oxygen atoms in total. The second kappa shape index (κ2) is 11.9. The molecule has 3 rings (SSSR count). The molecular weight excluding hydrogens is 490 g/mol. The van der Waals surface area contributed by atoms with Crippen LogP contribution in [0.1, 0.15) is 38.3 Å². The van der Waals surface area contributed by atoms with Crippen LogP contribution in [0.2, 0.25) is 0 Å². The van der Waals surface area contributed by atoms with Crippen molar-refractivity contribution >= 4 is 51.7 Å². The molecule has 1 fully saturated rings. The lowest BCUT2D eigenvalue weighted by Gasteiger charge is -2.55. The van der Waals surface area contributed by atoms with Crippen LogP contribution in [0, 0.1) is 12.3 Å². The number of nitrogens with two attached hydrogens (primary N) is 1. The molecule has 1 aromatic heterocycles. The summed E-state index contributed by atoms with van der Waals surface area (Å²) in [6.45, 7) is 5.30. The molecule has 1 saturated heterocycles. The molecule has 2 aliphatic rings. The zero-order valence-corrected chi connectivity index (χ0v) is 21.0. The van der Waals surface area contributed by atoms with E-state index in [1.54, 1.807) is 12.3 Å². The second-order valence-electron chi connectivity index (χ2n) is 7.82. The number of ether oxygens (including phenoxy) is 1. The molecule has 0 aromatic carbocycles. The molecule has 2 amide bonds. The van der Waals surface area contributed by atoms with Gasteiger partial charge in [0.05, 0.1) is 0 Å². The summed E-state index contributed by atoms with van der Waals surface area (Å²) in [4.78, 5) is 49.6. The van der Waals surface area contributed by atoms with Crippen molar-refractivity contribution in [3.63, 3.8) is 0 Å². The SMILES string of the molecule is C#CCON=C(C(=O)NC1(COC(=O)CCCCC)C(=O)N2C=C(C=C)CS[C@H]21)c1csc(N)n1. The van der Waals surface area contributed by atoms with Crippen molar-refractivity contribution in [1.82, 2.24) is 15.2 Å². The summed E-state index contributed by atoms with van der Waals surface area (Å²) < 4.78 is 5.47. The van der Waals surface area contributed by atoms with Crippen LogP contribution in [0.15, 0.2) is 35.0 Å². The van der Waals surface area contributed by atoms with Crippen LogP contribution in [0.3, 0.4) is 0 Å². The van der Waals surface area contributed by atoms with Gasteiger partial charge in [-0.3, -0.25) is 14.4 Å². The minimum Gasteiger partial charge on any atom is -0.462 e. The molecule has 1 aromatic rings. The van der Waals surface area contributed by atoms with Gasteiger partial charge in [-0.05, 0) is 12.0 Å². The fourth-order valence-electron chi connectivity index (χ4n) is 3.53. The van der Waals surface area contributed by atoms with Gasteiger partial charge in [0.1, 0.15) is 17.7 Å². The van der Waals surface area contributed by atoms with Crippen LogP contribution in [-0.2, 0) is 24.0 Å². The van der Waals surface area contributed by atoms with Gasteiger partial charge in [0.15, 0.2) is 23.0 Å². The summed E-state index contributed by atoms with van der Waals surface area (Å²) in [5.74, 6) is 1.26. The van der Waals surface area contributed by atoms with E-state index in [0.29, 0.717) is 12.2 Å². The van der Waals surface area contributed by atoms with Crippen molar-refractivity contribution in [1.29, 1.82) is 0 Å². The number of hydrogen-bond acceptors (Lipinski definition) is 10. The number of allylic oxidation sites excluding steroid dienone is 1. The number of aromatic nitrogens is 1. The number of carbonyl (C=O) groups excluding carboxylic acids is 3. The molecule has 35 heavy (non-hydrogen) atoms. The average Bonchev–Trinajstić information content (AvgIpc) is 3.29. The van der Waals surface area contributed by atoms with E-state index in [-0.39, 0.29) is 36.2 Å². The first-order valence-electron chi connectivity index (χ1n) is 11.0. The van der Waals surface area contributed by atoms with E-state index in [1.165, 1.54) is 22.0 Å². The lowest BCUT2D eigenvalue weighted by atomic mass is 9.88. The van der Waals surface area contributed by atoms with Crippen molar-refractivity contribution in [3.8, 4) is 12.3 Å². The lowest BCUT2D eigenvalue weighted by molar-refractivity contribution is -0.163. The Kier molecular flexibility index (Phi) is 8.95. The number of β-lactam (4-membered cyclic amide) rings is 1. The van der Waals surface area contributed by atoms with Crippen LogP contribution >= 0.6 is 23.1 Å². The van der Waals surface area contributed by atoms with E-state index in [2.05, 4.69) is 28.0 Å². The third-order valence-electron chi connectivity index (χ3n) is 5.33. The maximum absolute atomic E-state index is 13.3. The van der Waals surface area contributed by atoms with Gasteiger partial charge < -0.3 is 25.5 Å².